The summed E-state index contributed by atoms with van der Waals surface area (Å²) in [7, 11) is 0. The van der Waals surface area contributed by atoms with E-state index in [2.05, 4.69) is 0 Å². The highest BCUT2D eigenvalue weighted by molar-refractivity contribution is 5.70. The summed E-state index contributed by atoms with van der Waals surface area (Å²) in [6, 6.07) is 0. The average Bonchev–Trinajstić information content (AvgIpc) is 1.85. The van der Waals surface area contributed by atoms with Gasteiger partial charge in [-0.05, 0) is 25.2 Å². The van der Waals surface area contributed by atoms with E-state index in [0.29, 0.717) is 18.8 Å². The van der Waals surface area contributed by atoms with Crippen molar-refractivity contribution in [3.05, 3.63) is 0 Å². The van der Waals surface area contributed by atoms with Gasteiger partial charge >= 0.3 is 5.97 Å². The first-order valence-corrected chi connectivity index (χ1v) is 4.00. The van der Waals surface area contributed by atoms with E-state index in [9.17, 15) is 9.90 Å². The van der Waals surface area contributed by atoms with Crippen molar-refractivity contribution < 1.29 is 15.0 Å². The third kappa shape index (κ3) is 2.19. The average molecular weight is 158 g/mol. The smallest absolute Gasteiger partial charge is 0.306 e. The minimum absolute atomic E-state index is 0.325. The van der Waals surface area contributed by atoms with Gasteiger partial charge in [0, 0.05) is 0 Å². The molecule has 0 bridgehead atoms. The Morgan fingerprint density at radius 3 is 2.45 bits per heavy atom. The predicted octanol–water partition coefficient (Wildman–Crippen LogP) is 0.868. The molecule has 1 aliphatic rings. The van der Waals surface area contributed by atoms with E-state index in [1.807, 2.05) is 6.92 Å². The fraction of sp³-hybridized carbons (Fsp3) is 0.875. The van der Waals surface area contributed by atoms with Gasteiger partial charge in [-0.15, -0.1) is 0 Å². The zero-order valence-electron chi connectivity index (χ0n) is 6.66. The largest absolute Gasteiger partial charge is 0.481 e. The van der Waals surface area contributed by atoms with Gasteiger partial charge in [0.25, 0.3) is 0 Å². The lowest BCUT2D eigenvalue weighted by Gasteiger charge is -2.27. The van der Waals surface area contributed by atoms with Crippen molar-refractivity contribution in [2.75, 3.05) is 0 Å². The summed E-state index contributed by atoms with van der Waals surface area (Å²) in [5.74, 6) is -0.746. The molecule has 0 spiro atoms. The van der Waals surface area contributed by atoms with Crippen molar-refractivity contribution >= 4 is 5.97 Å². The Morgan fingerprint density at radius 1 is 1.36 bits per heavy atom. The maximum Gasteiger partial charge on any atom is 0.306 e. The summed E-state index contributed by atoms with van der Waals surface area (Å²) in [5.41, 5.74) is 0. The Morgan fingerprint density at radius 2 is 2.00 bits per heavy atom. The van der Waals surface area contributed by atoms with Crippen molar-refractivity contribution in [2.45, 2.75) is 32.3 Å². The third-order valence-electron chi connectivity index (χ3n) is 2.27. The SMILES string of the molecule is C[C@H]1CC(O)CC(C(=O)O)C1. The van der Waals surface area contributed by atoms with E-state index in [4.69, 9.17) is 5.11 Å². The molecule has 0 saturated heterocycles. The summed E-state index contributed by atoms with van der Waals surface area (Å²) >= 11 is 0. The predicted molar refractivity (Wildman–Crippen MR) is 40.1 cm³/mol. The standard InChI is InChI=1S/C8H14O3/c1-5-2-6(8(10)11)4-7(9)3-5/h5-7,9H,2-4H2,1H3,(H,10,11)/t5-,6?,7?/m1/s1. The van der Waals surface area contributed by atoms with Crippen LogP contribution in [0.4, 0.5) is 0 Å². The number of aliphatic carboxylic acids is 1. The van der Waals surface area contributed by atoms with Crippen LogP contribution < -0.4 is 0 Å². The molecule has 0 aromatic heterocycles. The Bertz CT molecular complexity index is 145. The summed E-state index contributed by atoms with van der Waals surface area (Å²) in [5, 5.41) is 17.9. The lowest BCUT2D eigenvalue weighted by Crippen LogP contribution is -2.29. The summed E-state index contributed by atoms with van der Waals surface area (Å²) in [6.07, 6.45) is 1.50. The van der Waals surface area contributed by atoms with E-state index >= 15 is 0 Å². The highest BCUT2D eigenvalue weighted by atomic mass is 16.4. The summed E-state index contributed by atoms with van der Waals surface area (Å²) in [6.45, 7) is 1.98. The minimum atomic E-state index is -0.768. The third-order valence-corrected chi connectivity index (χ3v) is 2.27. The molecule has 3 nitrogen and oxygen atoms in total. The van der Waals surface area contributed by atoms with Crippen LogP contribution in [-0.4, -0.2) is 22.3 Å². The second-order valence-electron chi connectivity index (χ2n) is 3.50. The normalized spacial score (nSPS) is 38.5. The molecule has 0 amide bonds. The molecule has 1 saturated carbocycles. The van der Waals surface area contributed by atoms with Crippen LogP contribution in [0, 0.1) is 11.8 Å². The van der Waals surface area contributed by atoms with E-state index in [-0.39, 0.29) is 5.92 Å². The van der Waals surface area contributed by atoms with Gasteiger partial charge in [0.1, 0.15) is 0 Å². The van der Waals surface area contributed by atoms with E-state index in [1.54, 1.807) is 0 Å². The van der Waals surface area contributed by atoms with Crippen molar-refractivity contribution in [2.24, 2.45) is 11.8 Å². The molecule has 1 rings (SSSR count). The van der Waals surface area contributed by atoms with E-state index in [1.165, 1.54) is 0 Å². The number of aliphatic hydroxyl groups is 1. The molecule has 0 heterocycles. The number of hydrogen-bond acceptors (Lipinski definition) is 2. The van der Waals surface area contributed by atoms with Gasteiger partial charge in [-0.1, -0.05) is 6.92 Å². The topological polar surface area (TPSA) is 57.5 Å². The van der Waals surface area contributed by atoms with Crippen LogP contribution in [0.15, 0.2) is 0 Å². The van der Waals surface area contributed by atoms with E-state index in [0.717, 1.165) is 6.42 Å². The van der Waals surface area contributed by atoms with Gasteiger partial charge in [0.2, 0.25) is 0 Å². The number of aliphatic hydroxyl groups excluding tert-OH is 1. The first-order chi connectivity index (χ1) is 5.09. The molecule has 2 N–H and O–H groups in total. The second kappa shape index (κ2) is 3.22. The van der Waals surface area contributed by atoms with Gasteiger partial charge < -0.3 is 10.2 Å². The maximum atomic E-state index is 10.5. The van der Waals surface area contributed by atoms with Crippen LogP contribution >= 0.6 is 0 Å². The fourth-order valence-electron chi connectivity index (χ4n) is 1.77. The molecule has 11 heavy (non-hydrogen) atoms. The van der Waals surface area contributed by atoms with E-state index < -0.39 is 12.1 Å². The van der Waals surface area contributed by atoms with Crippen molar-refractivity contribution in [3.8, 4) is 0 Å². The first-order valence-electron chi connectivity index (χ1n) is 4.00. The van der Waals surface area contributed by atoms with Gasteiger partial charge in [0.15, 0.2) is 0 Å². The summed E-state index contributed by atoms with van der Waals surface area (Å²) < 4.78 is 0. The van der Waals surface area contributed by atoms with Gasteiger partial charge in [0.05, 0.1) is 12.0 Å². The molecule has 0 aromatic rings. The number of rotatable bonds is 1. The second-order valence-corrected chi connectivity index (χ2v) is 3.50. The van der Waals surface area contributed by atoms with Crippen LogP contribution in [0.5, 0.6) is 0 Å². The number of hydrogen-bond donors (Lipinski definition) is 2. The van der Waals surface area contributed by atoms with Crippen LogP contribution in [0.3, 0.4) is 0 Å². The van der Waals surface area contributed by atoms with Gasteiger partial charge in [-0.25, -0.2) is 0 Å². The number of carboxylic acids is 1. The molecule has 1 fully saturated rings. The molecule has 2 unspecified atom stereocenters. The van der Waals surface area contributed by atoms with Crippen LogP contribution in [0.1, 0.15) is 26.2 Å². The fourth-order valence-corrected chi connectivity index (χ4v) is 1.77. The summed E-state index contributed by atoms with van der Waals surface area (Å²) in [4.78, 5) is 10.5. The molecule has 0 aliphatic heterocycles. The quantitative estimate of drug-likeness (QED) is 0.595. The Kier molecular flexibility index (Phi) is 2.49. The highest BCUT2D eigenvalue weighted by Gasteiger charge is 2.29. The molecule has 3 atom stereocenters. The molecule has 3 heteroatoms. The zero-order chi connectivity index (χ0) is 8.43. The Hall–Kier alpha value is -0.570. The Balaban J connectivity index is 2.49. The first kappa shape index (κ1) is 8.53. The number of carboxylic acid groups (broad SMARTS) is 1. The van der Waals surface area contributed by atoms with Gasteiger partial charge in [-0.3, -0.25) is 4.79 Å². The lowest BCUT2D eigenvalue weighted by molar-refractivity contribution is -0.144. The molecule has 0 radical (unpaired) electrons. The van der Waals surface area contributed by atoms with Gasteiger partial charge in [-0.2, -0.15) is 0 Å². The lowest BCUT2D eigenvalue weighted by atomic mass is 9.81. The molecule has 0 aromatic carbocycles. The maximum absolute atomic E-state index is 10.5. The molecule has 1 aliphatic carbocycles. The van der Waals surface area contributed by atoms with Crippen LogP contribution in [-0.2, 0) is 4.79 Å². The van der Waals surface area contributed by atoms with Crippen molar-refractivity contribution in [1.29, 1.82) is 0 Å². The van der Waals surface area contributed by atoms with Crippen LogP contribution in [0.25, 0.3) is 0 Å². The highest BCUT2D eigenvalue weighted by Crippen LogP contribution is 2.28. The van der Waals surface area contributed by atoms with Crippen molar-refractivity contribution in [1.82, 2.24) is 0 Å². The molecule has 64 valence electrons. The zero-order valence-corrected chi connectivity index (χ0v) is 6.66. The minimum Gasteiger partial charge on any atom is -0.481 e. The van der Waals surface area contributed by atoms with Crippen molar-refractivity contribution in [3.63, 3.8) is 0 Å². The van der Waals surface area contributed by atoms with Crippen LogP contribution in [0.2, 0.25) is 0 Å². The Labute approximate surface area is 66.0 Å². The molecular formula is C8H14O3. The number of carbonyl (C=O) groups is 1. The molecular weight excluding hydrogens is 144 g/mol. The monoisotopic (exact) mass is 158 g/mol.